The molecule has 0 spiro atoms. The Labute approximate surface area is 257 Å². The van der Waals surface area contributed by atoms with Gasteiger partial charge in [-0.05, 0) is 74.2 Å². The first kappa shape index (κ1) is 29.6. The maximum absolute atomic E-state index is 15.8. The molecule has 1 saturated heterocycles. The number of piperazine rings is 1. The number of benzene rings is 2. The number of aryl methyl sites for hydroxylation is 3. The Bertz CT molecular complexity index is 1800. The molecule has 6 rings (SSSR count). The van der Waals surface area contributed by atoms with E-state index in [1.165, 1.54) is 35.2 Å². The van der Waals surface area contributed by atoms with Crippen molar-refractivity contribution in [3.05, 3.63) is 91.5 Å². The number of carbonyl (C=O) groups is 2. The molecular weight excluding hydrogens is 586 g/mol. The van der Waals surface area contributed by atoms with E-state index in [9.17, 15) is 18.8 Å². The number of anilines is 3. The van der Waals surface area contributed by atoms with Gasteiger partial charge in [-0.15, -0.1) is 11.3 Å². The van der Waals surface area contributed by atoms with Crippen molar-refractivity contribution in [2.45, 2.75) is 31.7 Å². The third-order valence-electron chi connectivity index (χ3n) is 8.23. The smallest absolute Gasteiger partial charge is 0.293 e. The predicted molar refractivity (Wildman–Crippen MR) is 166 cm³/mol. The van der Waals surface area contributed by atoms with E-state index >= 15 is 4.39 Å². The van der Waals surface area contributed by atoms with Gasteiger partial charge in [-0.2, -0.15) is 0 Å². The van der Waals surface area contributed by atoms with E-state index in [-0.39, 0.29) is 23.0 Å². The van der Waals surface area contributed by atoms with Crippen LogP contribution in [0, 0.1) is 11.6 Å². The molecule has 0 saturated carbocycles. The highest BCUT2D eigenvalue weighted by Gasteiger charge is 2.32. The lowest BCUT2D eigenvalue weighted by molar-refractivity contribution is -0.139. The Kier molecular flexibility index (Phi) is 8.04. The van der Waals surface area contributed by atoms with Crippen LogP contribution in [0.3, 0.4) is 0 Å². The topological polar surface area (TPSA) is 99.6 Å². The molecule has 44 heavy (non-hydrogen) atoms. The number of nitrogens with one attached hydrogen (secondary N) is 2. The minimum Gasteiger partial charge on any atom is -0.343 e. The van der Waals surface area contributed by atoms with Gasteiger partial charge in [0.1, 0.15) is 17.5 Å². The van der Waals surface area contributed by atoms with Gasteiger partial charge in [0.15, 0.2) is 11.6 Å². The van der Waals surface area contributed by atoms with Gasteiger partial charge < -0.3 is 20.1 Å². The molecule has 4 aromatic rings. The molecule has 1 fully saturated rings. The molecule has 1 unspecified atom stereocenters. The number of carbonyl (C=O) groups excluding carboxylic acids is 2. The number of hydrogen-bond acceptors (Lipinski definition) is 7. The van der Waals surface area contributed by atoms with Crippen molar-refractivity contribution in [1.82, 2.24) is 19.4 Å². The monoisotopic (exact) mass is 618 g/mol. The van der Waals surface area contributed by atoms with Crippen LogP contribution in [0.5, 0.6) is 0 Å². The van der Waals surface area contributed by atoms with Crippen LogP contribution in [0.15, 0.2) is 53.5 Å². The summed E-state index contributed by atoms with van der Waals surface area (Å²) in [5.74, 6) is -2.55. The lowest BCUT2D eigenvalue weighted by atomic mass is 9.99. The number of amides is 2. The van der Waals surface area contributed by atoms with Crippen LogP contribution in [-0.4, -0.2) is 58.4 Å². The zero-order chi connectivity index (χ0) is 31.1. The highest BCUT2D eigenvalue weighted by Crippen LogP contribution is 2.33. The van der Waals surface area contributed by atoms with Crippen molar-refractivity contribution in [2.75, 3.05) is 37.8 Å². The van der Waals surface area contributed by atoms with E-state index in [0.29, 0.717) is 17.1 Å². The third kappa shape index (κ3) is 5.62. The minimum absolute atomic E-state index is 0.00841. The van der Waals surface area contributed by atoms with Crippen molar-refractivity contribution in [2.24, 2.45) is 7.05 Å². The lowest BCUT2D eigenvalue weighted by Crippen LogP contribution is -2.48. The van der Waals surface area contributed by atoms with Gasteiger partial charge in [0.05, 0.1) is 10.6 Å². The molecule has 12 heteroatoms. The summed E-state index contributed by atoms with van der Waals surface area (Å²) in [4.78, 5) is 48.3. The number of thiophene rings is 1. The maximum atomic E-state index is 15.8. The molecule has 3 heterocycles. The summed E-state index contributed by atoms with van der Waals surface area (Å²) in [6, 6.07) is 10.8. The quantitative estimate of drug-likeness (QED) is 0.312. The fourth-order valence-corrected chi connectivity index (χ4v) is 6.84. The summed E-state index contributed by atoms with van der Waals surface area (Å²) in [6.45, 7) is 1.41. The molecule has 1 atom stereocenters. The Hall–Kier alpha value is -4.42. The zero-order valence-electron chi connectivity index (χ0n) is 24.6. The summed E-state index contributed by atoms with van der Waals surface area (Å²) >= 11 is 1.35. The molecule has 0 bridgehead atoms. The second-order valence-electron chi connectivity index (χ2n) is 11.3. The van der Waals surface area contributed by atoms with Crippen LogP contribution in [0.4, 0.5) is 26.0 Å². The lowest BCUT2D eigenvalue weighted by Gasteiger charge is -2.37. The normalized spacial score (nSPS) is 17.0. The fraction of sp³-hybridized carbons (Fsp3) is 0.312. The van der Waals surface area contributed by atoms with Crippen LogP contribution in [0.25, 0.3) is 11.3 Å². The number of hydrogen-bond donors (Lipinski definition) is 2. The number of fused-ring (bicyclic) bond motifs is 1. The van der Waals surface area contributed by atoms with E-state index in [4.69, 9.17) is 0 Å². The summed E-state index contributed by atoms with van der Waals surface area (Å²) in [7, 11) is 5.19. The number of rotatable bonds is 6. The van der Waals surface area contributed by atoms with Crippen LogP contribution in [0.1, 0.15) is 44.6 Å². The number of nitrogens with zero attached hydrogens (tertiary/aromatic N) is 4. The van der Waals surface area contributed by atoms with Gasteiger partial charge in [0.2, 0.25) is 5.91 Å². The molecule has 1 aliphatic heterocycles. The van der Waals surface area contributed by atoms with E-state index in [1.54, 1.807) is 30.1 Å². The summed E-state index contributed by atoms with van der Waals surface area (Å²) in [6.07, 6.45) is 5.27. The molecular formula is C32H32F2N6O3S. The Morgan fingerprint density at radius 2 is 1.75 bits per heavy atom. The molecule has 2 amide bonds. The van der Waals surface area contributed by atoms with Gasteiger partial charge in [0.25, 0.3) is 11.5 Å². The van der Waals surface area contributed by atoms with Crippen molar-refractivity contribution >= 4 is 40.3 Å². The average Bonchev–Trinajstić information content (AvgIpc) is 3.45. The van der Waals surface area contributed by atoms with Gasteiger partial charge in [-0.1, -0.05) is 12.1 Å². The van der Waals surface area contributed by atoms with Crippen molar-refractivity contribution in [3.63, 3.8) is 0 Å². The molecule has 0 radical (unpaired) electrons. The molecule has 9 nitrogen and oxygen atoms in total. The summed E-state index contributed by atoms with van der Waals surface area (Å²) < 4.78 is 31.9. The molecule has 2 aromatic carbocycles. The minimum atomic E-state index is -0.993. The van der Waals surface area contributed by atoms with Gasteiger partial charge in [0, 0.05) is 49.5 Å². The first-order chi connectivity index (χ1) is 21.1. The van der Waals surface area contributed by atoms with Gasteiger partial charge in [-0.3, -0.25) is 19.3 Å². The number of halogens is 2. The SMILES string of the molecule is CN1CCN(C)C(c2ccc(Nc3nc(-c4ccc(F)c(NC(=O)c5cc6c(s5)CCCC6)c4F)cn(C)c3=O)cc2)C1=O. The Balaban J connectivity index is 1.26. The highest BCUT2D eigenvalue weighted by molar-refractivity contribution is 7.14. The number of likely N-dealkylation sites (N-methyl/N-ethyl adjacent to an activating group) is 2. The second kappa shape index (κ2) is 11.9. The summed E-state index contributed by atoms with van der Waals surface area (Å²) in [5, 5.41) is 5.40. The second-order valence-corrected chi connectivity index (χ2v) is 12.4. The maximum Gasteiger partial charge on any atom is 0.293 e. The van der Waals surface area contributed by atoms with Crippen LogP contribution in [-0.2, 0) is 24.7 Å². The van der Waals surface area contributed by atoms with E-state index in [1.807, 2.05) is 24.1 Å². The molecule has 228 valence electrons. The largest absolute Gasteiger partial charge is 0.343 e. The number of aromatic nitrogens is 2. The van der Waals surface area contributed by atoms with E-state index < -0.39 is 34.8 Å². The molecule has 2 aromatic heterocycles. The van der Waals surface area contributed by atoms with Crippen LogP contribution < -0.4 is 16.2 Å². The van der Waals surface area contributed by atoms with E-state index in [2.05, 4.69) is 15.6 Å². The fourth-order valence-electron chi connectivity index (χ4n) is 5.69. The highest BCUT2D eigenvalue weighted by atomic mass is 32.1. The predicted octanol–water partition coefficient (Wildman–Crippen LogP) is 5.11. The first-order valence-electron chi connectivity index (χ1n) is 14.4. The molecule has 1 aliphatic carbocycles. The zero-order valence-corrected chi connectivity index (χ0v) is 25.4. The van der Waals surface area contributed by atoms with Gasteiger partial charge in [-0.25, -0.2) is 13.8 Å². The standard InChI is InChI=1S/C32H32F2N6O3S/c1-38-14-15-39(2)31(42)28(38)18-8-10-20(11-9-18)35-29-32(43)40(3)17-23(36-29)21-12-13-22(33)27(26(21)34)37-30(41)25-16-19-6-4-5-7-24(19)44-25/h8-13,16-17,28H,4-7,14-15H2,1-3H3,(H,35,36)(H,37,41). The summed E-state index contributed by atoms with van der Waals surface area (Å²) in [5.41, 5.74) is 1.43. The molecule has 2 N–H and O–H groups in total. The van der Waals surface area contributed by atoms with Crippen LogP contribution >= 0.6 is 11.3 Å². The van der Waals surface area contributed by atoms with Crippen molar-refractivity contribution in [1.29, 1.82) is 0 Å². The third-order valence-corrected chi connectivity index (χ3v) is 9.46. The Morgan fingerprint density at radius 3 is 2.50 bits per heavy atom. The van der Waals surface area contributed by atoms with Gasteiger partial charge >= 0.3 is 0 Å². The van der Waals surface area contributed by atoms with E-state index in [0.717, 1.165) is 54.3 Å². The average molecular weight is 619 g/mol. The first-order valence-corrected chi connectivity index (χ1v) is 15.2. The van der Waals surface area contributed by atoms with Crippen molar-refractivity contribution < 1.29 is 18.4 Å². The van der Waals surface area contributed by atoms with Crippen LogP contribution in [0.2, 0.25) is 0 Å². The molecule has 2 aliphatic rings. The van der Waals surface area contributed by atoms with Crippen molar-refractivity contribution in [3.8, 4) is 11.3 Å². The Morgan fingerprint density at radius 1 is 1.00 bits per heavy atom.